The number of urea groups is 1. The minimum Gasteiger partial charge on any atom is -0.334 e. The van der Waals surface area contributed by atoms with Gasteiger partial charge in [0.05, 0.1) is 5.69 Å². The molecule has 0 aliphatic heterocycles. The summed E-state index contributed by atoms with van der Waals surface area (Å²) in [5.74, 6) is 0. The molecule has 0 heterocycles. The molecule has 0 bridgehead atoms. The molecule has 0 fully saturated rings. The average Bonchev–Trinajstić information content (AvgIpc) is 2.45. The van der Waals surface area contributed by atoms with Crippen LogP contribution in [0.15, 0.2) is 42.5 Å². The third-order valence-electron chi connectivity index (χ3n) is 3.15. The number of anilines is 1. The van der Waals surface area contributed by atoms with Crippen LogP contribution in [0.2, 0.25) is 0 Å². The molecule has 100 valence electrons. The molecule has 19 heavy (non-hydrogen) atoms. The fraction of sp³-hybridized carbons (Fsp3) is 0.267. The maximum absolute atomic E-state index is 11.9. The van der Waals surface area contributed by atoms with Gasteiger partial charge in [-0.05, 0) is 17.9 Å². The highest BCUT2D eigenvalue weighted by Crippen LogP contribution is 2.22. The van der Waals surface area contributed by atoms with Crippen molar-refractivity contribution in [3.63, 3.8) is 0 Å². The van der Waals surface area contributed by atoms with E-state index < -0.39 is 0 Å². The summed E-state index contributed by atoms with van der Waals surface area (Å²) in [6.45, 7) is 2.44. The molecule has 0 aliphatic carbocycles. The maximum atomic E-state index is 11.9. The van der Waals surface area contributed by atoms with Crippen LogP contribution < -0.4 is 16.4 Å². The van der Waals surface area contributed by atoms with Crippen molar-refractivity contribution in [2.45, 2.75) is 19.4 Å². The number of hydrogen-bond acceptors (Lipinski definition) is 2. The number of amides is 2. The van der Waals surface area contributed by atoms with E-state index in [1.165, 1.54) is 0 Å². The van der Waals surface area contributed by atoms with Crippen molar-refractivity contribution in [2.75, 3.05) is 11.9 Å². The van der Waals surface area contributed by atoms with Crippen molar-refractivity contribution >= 4 is 22.5 Å². The molecule has 0 spiro atoms. The second kappa shape index (κ2) is 6.20. The van der Waals surface area contributed by atoms with Crippen LogP contribution in [-0.4, -0.2) is 18.6 Å². The van der Waals surface area contributed by atoms with Gasteiger partial charge in [-0.2, -0.15) is 0 Å². The summed E-state index contributed by atoms with van der Waals surface area (Å²) in [4.78, 5) is 11.9. The van der Waals surface area contributed by atoms with E-state index in [4.69, 9.17) is 5.73 Å². The Bertz CT molecular complexity index is 559. The van der Waals surface area contributed by atoms with Crippen molar-refractivity contribution in [3.05, 3.63) is 42.5 Å². The second-order valence-corrected chi connectivity index (χ2v) is 4.47. The standard InChI is InChI=1S/C15H19N3O/c1-2-12(10-16)17-15(19)18-14-9-5-7-11-6-3-4-8-13(11)14/h3-9,12H,2,10,16H2,1H3,(H2,17,18,19). The van der Waals surface area contributed by atoms with E-state index >= 15 is 0 Å². The highest BCUT2D eigenvalue weighted by Gasteiger charge is 2.09. The van der Waals surface area contributed by atoms with Crippen molar-refractivity contribution in [2.24, 2.45) is 5.73 Å². The van der Waals surface area contributed by atoms with E-state index in [-0.39, 0.29) is 12.1 Å². The van der Waals surface area contributed by atoms with Gasteiger partial charge >= 0.3 is 6.03 Å². The Morgan fingerprint density at radius 2 is 1.95 bits per heavy atom. The van der Waals surface area contributed by atoms with Crippen LogP contribution in [0.3, 0.4) is 0 Å². The van der Waals surface area contributed by atoms with Gasteiger partial charge in [0.15, 0.2) is 0 Å². The first-order valence-electron chi connectivity index (χ1n) is 6.50. The predicted molar refractivity (Wildman–Crippen MR) is 79.2 cm³/mol. The van der Waals surface area contributed by atoms with Crippen LogP contribution >= 0.6 is 0 Å². The lowest BCUT2D eigenvalue weighted by atomic mass is 10.1. The Balaban J connectivity index is 2.15. The number of benzene rings is 2. The molecule has 2 rings (SSSR count). The molecule has 0 radical (unpaired) electrons. The summed E-state index contributed by atoms with van der Waals surface area (Å²) in [5.41, 5.74) is 6.38. The van der Waals surface area contributed by atoms with Gasteiger partial charge in [-0.1, -0.05) is 43.3 Å². The predicted octanol–water partition coefficient (Wildman–Crippen LogP) is 2.70. The molecule has 0 saturated heterocycles. The highest BCUT2D eigenvalue weighted by atomic mass is 16.2. The number of fused-ring (bicyclic) bond motifs is 1. The van der Waals surface area contributed by atoms with Crippen LogP contribution in [0.5, 0.6) is 0 Å². The zero-order chi connectivity index (χ0) is 13.7. The zero-order valence-corrected chi connectivity index (χ0v) is 11.0. The molecule has 4 heteroatoms. The summed E-state index contributed by atoms with van der Waals surface area (Å²) in [6, 6.07) is 13.6. The van der Waals surface area contributed by atoms with Crippen molar-refractivity contribution in [1.29, 1.82) is 0 Å². The summed E-state index contributed by atoms with van der Waals surface area (Å²) in [6.07, 6.45) is 0.819. The van der Waals surface area contributed by atoms with E-state index in [9.17, 15) is 4.79 Å². The van der Waals surface area contributed by atoms with E-state index in [1.54, 1.807) is 0 Å². The average molecular weight is 257 g/mol. The van der Waals surface area contributed by atoms with Crippen LogP contribution in [0.25, 0.3) is 10.8 Å². The molecule has 2 aromatic carbocycles. The molecule has 2 aromatic rings. The van der Waals surface area contributed by atoms with Crippen molar-refractivity contribution in [1.82, 2.24) is 5.32 Å². The third kappa shape index (κ3) is 3.23. The lowest BCUT2D eigenvalue weighted by molar-refractivity contribution is 0.248. The molecule has 0 saturated carbocycles. The summed E-state index contributed by atoms with van der Waals surface area (Å²) < 4.78 is 0. The Morgan fingerprint density at radius 3 is 2.68 bits per heavy atom. The zero-order valence-electron chi connectivity index (χ0n) is 11.0. The van der Waals surface area contributed by atoms with E-state index in [2.05, 4.69) is 10.6 Å². The fourth-order valence-corrected chi connectivity index (χ4v) is 2.01. The van der Waals surface area contributed by atoms with Gasteiger partial charge in [0, 0.05) is 18.0 Å². The Hall–Kier alpha value is -2.07. The molecule has 1 unspecified atom stereocenters. The van der Waals surface area contributed by atoms with Crippen molar-refractivity contribution in [3.8, 4) is 0 Å². The monoisotopic (exact) mass is 257 g/mol. The van der Waals surface area contributed by atoms with Gasteiger partial charge in [0.25, 0.3) is 0 Å². The van der Waals surface area contributed by atoms with Gasteiger partial charge in [0.2, 0.25) is 0 Å². The summed E-state index contributed by atoms with van der Waals surface area (Å²) >= 11 is 0. The number of rotatable bonds is 4. The largest absolute Gasteiger partial charge is 0.334 e. The van der Waals surface area contributed by atoms with Gasteiger partial charge in [-0.25, -0.2) is 4.79 Å². The molecule has 0 aromatic heterocycles. The normalized spacial score (nSPS) is 12.1. The number of carbonyl (C=O) groups excluding carboxylic acids is 1. The molecule has 0 aliphatic rings. The number of nitrogens with one attached hydrogen (secondary N) is 2. The van der Waals surface area contributed by atoms with Crippen molar-refractivity contribution < 1.29 is 4.79 Å². The topological polar surface area (TPSA) is 67.1 Å². The Kier molecular flexibility index (Phi) is 4.36. The highest BCUT2D eigenvalue weighted by molar-refractivity contribution is 6.01. The van der Waals surface area contributed by atoms with Crippen LogP contribution in [0.4, 0.5) is 10.5 Å². The number of nitrogens with two attached hydrogens (primary N) is 1. The molecular weight excluding hydrogens is 238 g/mol. The first-order valence-corrected chi connectivity index (χ1v) is 6.50. The molecule has 2 amide bonds. The fourth-order valence-electron chi connectivity index (χ4n) is 2.01. The lowest BCUT2D eigenvalue weighted by Gasteiger charge is -2.16. The van der Waals surface area contributed by atoms with Gasteiger partial charge in [-0.3, -0.25) is 0 Å². The Morgan fingerprint density at radius 1 is 1.21 bits per heavy atom. The van der Waals surface area contributed by atoms with E-state index in [0.717, 1.165) is 22.9 Å². The van der Waals surface area contributed by atoms with Crippen LogP contribution in [0, 0.1) is 0 Å². The summed E-state index contributed by atoms with van der Waals surface area (Å²) in [7, 11) is 0. The quantitative estimate of drug-likeness (QED) is 0.788. The summed E-state index contributed by atoms with van der Waals surface area (Å²) in [5, 5.41) is 7.86. The van der Waals surface area contributed by atoms with Gasteiger partial charge in [-0.15, -0.1) is 0 Å². The maximum Gasteiger partial charge on any atom is 0.319 e. The minimum atomic E-state index is -0.214. The number of hydrogen-bond donors (Lipinski definition) is 3. The number of carbonyl (C=O) groups is 1. The van der Waals surface area contributed by atoms with Gasteiger partial charge in [0.1, 0.15) is 0 Å². The minimum absolute atomic E-state index is 0.00924. The second-order valence-electron chi connectivity index (χ2n) is 4.47. The first-order chi connectivity index (χ1) is 9.24. The first kappa shape index (κ1) is 13.4. The third-order valence-corrected chi connectivity index (χ3v) is 3.15. The lowest BCUT2D eigenvalue weighted by Crippen LogP contribution is -2.42. The molecule has 4 N–H and O–H groups in total. The van der Waals surface area contributed by atoms with E-state index in [1.807, 2.05) is 49.4 Å². The van der Waals surface area contributed by atoms with Gasteiger partial charge < -0.3 is 16.4 Å². The molecular formula is C15H19N3O. The molecule has 1 atom stereocenters. The smallest absolute Gasteiger partial charge is 0.319 e. The van der Waals surface area contributed by atoms with Crippen LogP contribution in [-0.2, 0) is 0 Å². The molecule has 4 nitrogen and oxygen atoms in total. The van der Waals surface area contributed by atoms with Crippen LogP contribution in [0.1, 0.15) is 13.3 Å². The van der Waals surface area contributed by atoms with E-state index in [0.29, 0.717) is 6.54 Å². The Labute approximate surface area is 113 Å². The SMILES string of the molecule is CCC(CN)NC(=O)Nc1cccc2ccccc12.